The number of carbonyl (C=O) groups excluding carboxylic acids is 1. The Labute approximate surface area is 181 Å². The third kappa shape index (κ3) is 4.88. The zero-order chi connectivity index (χ0) is 22.0. The van der Waals surface area contributed by atoms with Gasteiger partial charge in [0.15, 0.2) is 0 Å². The average molecular weight is 438 g/mol. The Morgan fingerprint density at radius 2 is 1.84 bits per heavy atom. The molecule has 31 heavy (non-hydrogen) atoms. The summed E-state index contributed by atoms with van der Waals surface area (Å²) in [6, 6.07) is 11.4. The minimum Gasteiger partial charge on any atom is -0.324 e. The van der Waals surface area contributed by atoms with Crippen LogP contribution in [-0.2, 0) is 40.5 Å². The molecule has 2 aromatic heterocycles. The van der Waals surface area contributed by atoms with E-state index in [1.54, 1.807) is 18.5 Å². The lowest BCUT2D eigenvalue weighted by molar-refractivity contribution is -0.117. The molecule has 0 aliphatic heterocycles. The molecule has 1 N–H and O–H groups in total. The number of pyridine rings is 1. The smallest absolute Gasteiger partial charge is 0.233 e. The molecule has 0 amide bonds. The van der Waals surface area contributed by atoms with Crippen LogP contribution in [0.2, 0.25) is 0 Å². The highest BCUT2D eigenvalue weighted by molar-refractivity contribution is 7.92. The molecule has 0 unspecified atom stereocenters. The highest BCUT2D eigenvalue weighted by atomic mass is 32.2. The molecule has 0 fully saturated rings. The number of hydrogen-bond acceptors (Lipinski definition) is 7. The molecule has 4 rings (SSSR count). The van der Waals surface area contributed by atoms with Crippen molar-refractivity contribution in [3.63, 3.8) is 0 Å². The summed E-state index contributed by atoms with van der Waals surface area (Å²) in [6.07, 6.45) is 6.59. The summed E-state index contributed by atoms with van der Waals surface area (Å²) < 4.78 is 25.0. The average Bonchev–Trinajstić information content (AvgIpc) is 3.11. The summed E-state index contributed by atoms with van der Waals surface area (Å²) in [7, 11) is -1.90. The van der Waals surface area contributed by atoms with Crippen molar-refractivity contribution in [1.82, 2.24) is 15.0 Å². The number of ketones is 1. The normalized spacial score (nSPS) is 13.2. The highest BCUT2D eigenvalue weighted by Crippen LogP contribution is 2.25. The highest BCUT2D eigenvalue weighted by Gasteiger charge is 2.19. The van der Waals surface area contributed by atoms with E-state index in [0.29, 0.717) is 37.4 Å². The summed E-state index contributed by atoms with van der Waals surface area (Å²) in [5.74, 6) is 1.13. The number of aromatic nitrogens is 3. The van der Waals surface area contributed by atoms with Gasteiger partial charge >= 0.3 is 0 Å². The maximum atomic E-state index is 11.9. The van der Waals surface area contributed by atoms with Crippen LogP contribution in [0.5, 0.6) is 0 Å². The van der Waals surface area contributed by atoms with Crippen molar-refractivity contribution >= 4 is 33.3 Å². The van der Waals surface area contributed by atoms with Crippen LogP contribution < -0.4 is 9.62 Å². The third-order valence-electron chi connectivity index (χ3n) is 5.26. The Morgan fingerprint density at radius 1 is 1.03 bits per heavy atom. The van der Waals surface area contributed by atoms with Crippen molar-refractivity contribution in [3.05, 3.63) is 71.2 Å². The third-order valence-corrected chi connectivity index (χ3v) is 6.43. The number of benzene rings is 1. The number of sulfonamides is 1. The monoisotopic (exact) mass is 437 g/mol. The van der Waals surface area contributed by atoms with E-state index in [1.807, 2.05) is 30.3 Å². The number of fused-ring (bicyclic) bond motifs is 1. The first kappa shape index (κ1) is 20.9. The summed E-state index contributed by atoms with van der Waals surface area (Å²) >= 11 is 0. The fraction of sp³-hybridized carbons (Fsp3) is 0.273. The van der Waals surface area contributed by atoms with E-state index in [4.69, 9.17) is 0 Å². The molecule has 1 aliphatic carbocycles. The standard InChI is InChI=1S/C22H23N5O3S/c1-27(31(2,29)30)21-15(4-3-10-23-21)5-7-18-9-11-24-22(25-18)26-19-8-6-16-13-20(28)14-17(16)12-19/h3-4,6,8-12H,5,7,13-14H2,1-2H3,(H,24,25,26). The first-order valence-electron chi connectivity index (χ1n) is 9.90. The summed E-state index contributed by atoms with van der Waals surface area (Å²) in [5, 5.41) is 3.20. The predicted molar refractivity (Wildman–Crippen MR) is 119 cm³/mol. The number of anilines is 3. The van der Waals surface area contributed by atoms with Crippen molar-refractivity contribution in [2.45, 2.75) is 25.7 Å². The van der Waals surface area contributed by atoms with Gasteiger partial charge in [-0.05, 0) is 53.8 Å². The molecule has 0 spiro atoms. The second kappa shape index (κ2) is 8.43. The summed E-state index contributed by atoms with van der Waals surface area (Å²) in [4.78, 5) is 24.7. The molecule has 0 atom stereocenters. The van der Waals surface area contributed by atoms with Gasteiger partial charge in [-0.25, -0.2) is 23.4 Å². The van der Waals surface area contributed by atoms with Gasteiger partial charge in [0, 0.05) is 43.7 Å². The number of rotatable bonds is 7. The predicted octanol–water partition coefficient (Wildman–Crippen LogP) is 2.46. The van der Waals surface area contributed by atoms with Crippen LogP contribution >= 0.6 is 0 Å². The molecule has 9 heteroatoms. The molecule has 3 aromatic rings. The van der Waals surface area contributed by atoms with E-state index >= 15 is 0 Å². The maximum Gasteiger partial charge on any atom is 0.233 e. The number of aryl methyl sites for hydroxylation is 2. The van der Waals surface area contributed by atoms with E-state index in [1.165, 1.54) is 11.4 Å². The number of hydrogen-bond donors (Lipinski definition) is 1. The lowest BCUT2D eigenvalue weighted by Crippen LogP contribution is -2.27. The van der Waals surface area contributed by atoms with Crippen LogP contribution in [0, 0.1) is 0 Å². The second-order valence-electron chi connectivity index (χ2n) is 7.59. The number of nitrogens with zero attached hydrogens (tertiary/aromatic N) is 4. The number of Topliss-reactive ketones (excluding diaryl/α,β-unsaturated/α-hetero) is 1. The number of carbonyl (C=O) groups is 1. The Balaban J connectivity index is 1.47. The fourth-order valence-corrected chi connectivity index (χ4v) is 4.06. The van der Waals surface area contributed by atoms with Gasteiger partial charge in [-0.2, -0.15) is 0 Å². The quantitative estimate of drug-likeness (QED) is 0.605. The van der Waals surface area contributed by atoms with Crippen LogP contribution in [0.3, 0.4) is 0 Å². The van der Waals surface area contributed by atoms with E-state index in [9.17, 15) is 13.2 Å². The van der Waals surface area contributed by atoms with Crippen molar-refractivity contribution in [2.75, 3.05) is 22.9 Å². The van der Waals surface area contributed by atoms with Gasteiger partial charge in [0.1, 0.15) is 11.6 Å². The first-order valence-corrected chi connectivity index (χ1v) is 11.7. The lowest BCUT2D eigenvalue weighted by Gasteiger charge is -2.18. The number of nitrogens with one attached hydrogen (secondary N) is 1. The van der Waals surface area contributed by atoms with Crippen LogP contribution in [0.1, 0.15) is 22.4 Å². The van der Waals surface area contributed by atoms with Crippen LogP contribution in [-0.4, -0.2) is 42.5 Å². The zero-order valence-electron chi connectivity index (χ0n) is 17.4. The second-order valence-corrected chi connectivity index (χ2v) is 9.60. The molecule has 160 valence electrons. The van der Waals surface area contributed by atoms with Gasteiger partial charge in [0.2, 0.25) is 16.0 Å². The van der Waals surface area contributed by atoms with Crippen LogP contribution in [0.15, 0.2) is 48.8 Å². The molecule has 1 aliphatic rings. The Hall–Kier alpha value is -3.33. The van der Waals surface area contributed by atoms with Gasteiger partial charge in [-0.1, -0.05) is 12.1 Å². The van der Waals surface area contributed by atoms with Gasteiger partial charge in [0.05, 0.1) is 6.26 Å². The summed E-state index contributed by atoms with van der Waals surface area (Å²) in [5.41, 5.74) is 4.62. The Bertz CT molecular complexity index is 1240. The van der Waals surface area contributed by atoms with Crippen LogP contribution in [0.25, 0.3) is 0 Å². The Morgan fingerprint density at radius 3 is 2.65 bits per heavy atom. The van der Waals surface area contributed by atoms with E-state index < -0.39 is 10.0 Å². The van der Waals surface area contributed by atoms with Crippen LogP contribution in [0.4, 0.5) is 17.5 Å². The van der Waals surface area contributed by atoms with Crippen molar-refractivity contribution in [2.24, 2.45) is 0 Å². The molecule has 0 radical (unpaired) electrons. The molecule has 0 bridgehead atoms. The molecule has 2 heterocycles. The van der Waals surface area contributed by atoms with E-state index in [2.05, 4.69) is 20.3 Å². The van der Waals surface area contributed by atoms with Gasteiger partial charge in [-0.15, -0.1) is 0 Å². The largest absolute Gasteiger partial charge is 0.324 e. The molecule has 1 aromatic carbocycles. The van der Waals surface area contributed by atoms with Crippen molar-refractivity contribution in [3.8, 4) is 0 Å². The van der Waals surface area contributed by atoms with Crippen molar-refractivity contribution in [1.29, 1.82) is 0 Å². The van der Waals surface area contributed by atoms with Gasteiger partial charge in [0.25, 0.3) is 0 Å². The Kier molecular flexibility index (Phi) is 5.69. The van der Waals surface area contributed by atoms with E-state index in [-0.39, 0.29) is 5.78 Å². The first-order chi connectivity index (χ1) is 14.8. The van der Waals surface area contributed by atoms with E-state index in [0.717, 1.165) is 34.3 Å². The van der Waals surface area contributed by atoms with Gasteiger partial charge in [-0.3, -0.25) is 9.10 Å². The maximum absolute atomic E-state index is 11.9. The van der Waals surface area contributed by atoms with Gasteiger partial charge < -0.3 is 5.32 Å². The zero-order valence-corrected chi connectivity index (χ0v) is 18.2. The molecule has 8 nitrogen and oxygen atoms in total. The lowest BCUT2D eigenvalue weighted by atomic mass is 10.1. The van der Waals surface area contributed by atoms with Crippen molar-refractivity contribution < 1.29 is 13.2 Å². The molecule has 0 saturated carbocycles. The SMILES string of the molecule is CN(c1ncccc1CCc1ccnc(Nc2ccc3c(c2)CC(=O)C3)n1)S(C)(=O)=O. The minimum atomic E-state index is -3.40. The minimum absolute atomic E-state index is 0.238. The topological polar surface area (TPSA) is 105 Å². The molecule has 0 saturated heterocycles. The fourth-order valence-electron chi connectivity index (χ4n) is 3.58. The summed E-state index contributed by atoms with van der Waals surface area (Å²) in [6.45, 7) is 0. The molecular formula is C22H23N5O3S. The molecular weight excluding hydrogens is 414 g/mol.